The Morgan fingerprint density at radius 3 is 2.59 bits per heavy atom. The van der Waals surface area contributed by atoms with E-state index in [1.54, 1.807) is 0 Å². The Balaban J connectivity index is 1.66. The zero-order chi connectivity index (χ0) is 15.4. The maximum atomic E-state index is 9.62. The Morgan fingerprint density at radius 1 is 1.18 bits per heavy atom. The summed E-state index contributed by atoms with van der Waals surface area (Å²) < 4.78 is 0. The first kappa shape index (κ1) is 15.2. The van der Waals surface area contributed by atoms with E-state index >= 15 is 0 Å². The lowest BCUT2D eigenvalue weighted by Crippen LogP contribution is -2.36. The van der Waals surface area contributed by atoms with Crippen molar-refractivity contribution in [2.45, 2.75) is 44.6 Å². The van der Waals surface area contributed by atoms with Gasteiger partial charge in [-0.15, -0.1) is 0 Å². The van der Waals surface area contributed by atoms with Gasteiger partial charge in [0, 0.05) is 25.3 Å². The van der Waals surface area contributed by atoms with E-state index in [0.29, 0.717) is 0 Å². The van der Waals surface area contributed by atoms with Crippen LogP contribution in [-0.2, 0) is 0 Å². The average Bonchev–Trinajstić information content (AvgIpc) is 3.07. The second-order valence-electron chi connectivity index (χ2n) is 6.59. The van der Waals surface area contributed by atoms with Crippen LogP contribution in [0.4, 0.5) is 11.4 Å². The molecule has 0 atom stereocenters. The van der Waals surface area contributed by atoms with Crippen molar-refractivity contribution in [3.8, 4) is 6.07 Å². The van der Waals surface area contributed by atoms with Gasteiger partial charge in [0.15, 0.2) is 0 Å². The molecule has 1 aliphatic carbocycles. The number of rotatable bonds is 4. The number of hydrogen-bond acceptors (Lipinski definition) is 4. The van der Waals surface area contributed by atoms with Crippen LogP contribution < -0.4 is 10.2 Å². The zero-order valence-corrected chi connectivity index (χ0v) is 13.1. The van der Waals surface area contributed by atoms with Crippen molar-refractivity contribution in [3.05, 3.63) is 23.8 Å². The molecule has 0 unspecified atom stereocenters. The van der Waals surface area contributed by atoms with Gasteiger partial charge < -0.3 is 15.3 Å². The van der Waals surface area contributed by atoms with E-state index < -0.39 is 0 Å². The van der Waals surface area contributed by atoms with Crippen molar-refractivity contribution >= 4 is 11.4 Å². The maximum Gasteiger partial charge on any atom is 0.101 e. The van der Waals surface area contributed by atoms with Gasteiger partial charge in [0.05, 0.1) is 17.4 Å². The lowest BCUT2D eigenvalue weighted by molar-refractivity contribution is 0.145. The summed E-state index contributed by atoms with van der Waals surface area (Å²) in [5.74, 6) is 0.786. The lowest BCUT2D eigenvalue weighted by Gasteiger charge is -2.32. The lowest BCUT2D eigenvalue weighted by atomic mass is 10.0. The molecule has 2 fully saturated rings. The quantitative estimate of drug-likeness (QED) is 0.897. The normalized spacial score (nSPS) is 20.1. The molecular weight excluding hydrogens is 274 g/mol. The molecule has 1 saturated heterocycles. The molecule has 0 radical (unpaired) electrons. The Bertz CT molecular complexity index is 538. The van der Waals surface area contributed by atoms with Gasteiger partial charge in [0.2, 0.25) is 0 Å². The molecule has 0 amide bonds. The van der Waals surface area contributed by atoms with Crippen LogP contribution in [0.15, 0.2) is 18.2 Å². The molecule has 2 N–H and O–H groups in total. The maximum absolute atomic E-state index is 9.62. The molecule has 1 heterocycles. The average molecular weight is 299 g/mol. The molecule has 1 aromatic carbocycles. The third-order valence-corrected chi connectivity index (χ3v) is 4.99. The minimum absolute atomic E-state index is 0.186. The minimum atomic E-state index is -0.186. The Labute approximate surface area is 132 Å². The number of nitrogens with zero attached hydrogens (tertiary/aromatic N) is 2. The fourth-order valence-corrected chi connectivity index (χ4v) is 3.59. The van der Waals surface area contributed by atoms with Crippen molar-refractivity contribution < 1.29 is 5.11 Å². The Morgan fingerprint density at radius 2 is 1.91 bits per heavy atom. The van der Waals surface area contributed by atoms with E-state index in [0.717, 1.165) is 55.3 Å². The van der Waals surface area contributed by atoms with Crippen molar-refractivity contribution in [2.75, 3.05) is 29.9 Å². The van der Waals surface area contributed by atoms with Crippen LogP contribution in [-0.4, -0.2) is 30.8 Å². The fraction of sp³-hybridized carbons (Fsp3) is 0.611. The molecule has 0 spiro atoms. The van der Waals surface area contributed by atoms with Crippen LogP contribution >= 0.6 is 0 Å². The summed E-state index contributed by atoms with van der Waals surface area (Å²) in [7, 11) is 0. The molecule has 4 heteroatoms. The highest BCUT2D eigenvalue weighted by Crippen LogP contribution is 2.28. The molecule has 2 aliphatic rings. The number of piperidine rings is 1. The Kier molecular flexibility index (Phi) is 4.84. The molecule has 1 aromatic rings. The first-order valence-corrected chi connectivity index (χ1v) is 8.47. The molecule has 3 rings (SSSR count). The smallest absolute Gasteiger partial charge is 0.101 e. The summed E-state index contributed by atoms with van der Waals surface area (Å²) in [4.78, 5) is 2.21. The minimum Gasteiger partial charge on any atom is -0.393 e. The third-order valence-electron chi connectivity index (χ3n) is 4.99. The number of hydrogen-bond donors (Lipinski definition) is 2. The summed E-state index contributed by atoms with van der Waals surface area (Å²) >= 11 is 0. The predicted octanol–water partition coefficient (Wildman–Crippen LogP) is 3.12. The summed E-state index contributed by atoms with van der Waals surface area (Å²) in [6.07, 6.45) is 6.75. The molecule has 22 heavy (non-hydrogen) atoms. The number of nitrogens with one attached hydrogen (secondary N) is 1. The number of nitriles is 1. The van der Waals surface area contributed by atoms with Gasteiger partial charge >= 0.3 is 0 Å². The Hall–Kier alpha value is -1.73. The van der Waals surface area contributed by atoms with E-state index in [9.17, 15) is 10.4 Å². The van der Waals surface area contributed by atoms with Gasteiger partial charge in [-0.1, -0.05) is 12.8 Å². The van der Waals surface area contributed by atoms with Crippen LogP contribution in [0.3, 0.4) is 0 Å². The van der Waals surface area contributed by atoms with Gasteiger partial charge in [-0.2, -0.15) is 5.26 Å². The van der Waals surface area contributed by atoms with Crippen LogP contribution in [0, 0.1) is 17.2 Å². The molecule has 1 aliphatic heterocycles. The van der Waals surface area contributed by atoms with E-state index in [-0.39, 0.29) is 6.10 Å². The number of benzene rings is 1. The van der Waals surface area contributed by atoms with E-state index in [1.165, 1.54) is 25.7 Å². The number of anilines is 2. The highest BCUT2D eigenvalue weighted by molar-refractivity contribution is 5.65. The predicted molar refractivity (Wildman–Crippen MR) is 89.1 cm³/mol. The monoisotopic (exact) mass is 299 g/mol. The number of aliphatic hydroxyl groups is 1. The van der Waals surface area contributed by atoms with Gasteiger partial charge in [-0.25, -0.2) is 0 Å². The summed E-state index contributed by atoms with van der Waals surface area (Å²) in [6.45, 7) is 2.66. The largest absolute Gasteiger partial charge is 0.393 e. The van der Waals surface area contributed by atoms with Crippen molar-refractivity contribution in [1.82, 2.24) is 0 Å². The summed E-state index contributed by atoms with van der Waals surface area (Å²) in [5, 5.41) is 22.6. The standard InChI is InChI=1S/C18H25N3O/c19-12-15-11-16(20-13-14-3-1-2-4-14)5-6-18(15)21-9-7-17(22)8-10-21/h5-6,11,14,17,20,22H,1-4,7-10,13H2. The molecule has 4 nitrogen and oxygen atoms in total. The highest BCUT2D eigenvalue weighted by atomic mass is 16.3. The van der Waals surface area contributed by atoms with E-state index in [1.807, 2.05) is 12.1 Å². The van der Waals surface area contributed by atoms with Crippen LogP contribution in [0.2, 0.25) is 0 Å². The molecule has 118 valence electrons. The van der Waals surface area contributed by atoms with Crippen molar-refractivity contribution in [2.24, 2.45) is 5.92 Å². The zero-order valence-electron chi connectivity index (χ0n) is 13.1. The SMILES string of the molecule is N#Cc1cc(NCC2CCCC2)ccc1N1CCC(O)CC1. The highest BCUT2D eigenvalue weighted by Gasteiger charge is 2.20. The third kappa shape index (κ3) is 3.53. The van der Waals surface area contributed by atoms with Gasteiger partial charge in [0.25, 0.3) is 0 Å². The van der Waals surface area contributed by atoms with Gasteiger partial charge in [-0.05, 0) is 49.8 Å². The van der Waals surface area contributed by atoms with Crippen LogP contribution in [0.5, 0.6) is 0 Å². The van der Waals surface area contributed by atoms with Crippen LogP contribution in [0.25, 0.3) is 0 Å². The van der Waals surface area contributed by atoms with Crippen LogP contribution in [0.1, 0.15) is 44.1 Å². The number of aliphatic hydroxyl groups excluding tert-OH is 1. The second kappa shape index (κ2) is 7.02. The molecule has 0 bridgehead atoms. The summed E-state index contributed by atoms with van der Waals surface area (Å²) in [5.41, 5.74) is 2.78. The first-order chi connectivity index (χ1) is 10.8. The van der Waals surface area contributed by atoms with Crippen molar-refractivity contribution in [3.63, 3.8) is 0 Å². The van der Waals surface area contributed by atoms with Gasteiger partial charge in [0.1, 0.15) is 6.07 Å². The topological polar surface area (TPSA) is 59.3 Å². The molecule has 0 aromatic heterocycles. The second-order valence-corrected chi connectivity index (χ2v) is 6.59. The van der Waals surface area contributed by atoms with Gasteiger partial charge in [-0.3, -0.25) is 0 Å². The first-order valence-electron chi connectivity index (χ1n) is 8.47. The summed E-state index contributed by atoms with van der Waals surface area (Å²) in [6, 6.07) is 8.42. The molecular formula is C18H25N3O. The fourth-order valence-electron chi connectivity index (χ4n) is 3.59. The van der Waals surface area contributed by atoms with E-state index in [2.05, 4.69) is 22.4 Å². The molecule has 1 saturated carbocycles. The van der Waals surface area contributed by atoms with E-state index in [4.69, 9.17) is 0 Å². The van der Waals surface area contributed by atoms with Crippen molar-refractivity contribution in [1.29, 1.82) is 5.26 Å².